The minimum atomic E-state index is -0.431. The van der Waals surface area contributed by atoms with Crippen LogP contribution >= 0.6 is 11.8 Å². The molecule has 0 radical (unpaired) electrons. The predicted octanol–water partition coefficient (Wildman–Crippen LogP) is 3.05. The number of benzene rings is 1. The van der Waals surface area contributed by atoms with Gasteiger partial charge in [-0.25, -0.2) is 14.4 Å². The number of nitrogens with zero attached hydrogens (tertiary/aromatic N) is 2. The van der Waals surface area contributed by atoms with Gasteiger partial charge in [-0.3, -0.25) is 4.79 Å². The van der Waals surface area contributed by atoms with Crippen LogP contribution in [0.5, 0.6) is 0 Å². The molecule has 0 fully saturated rings. The first-order chi connectivity index (χ1) is 9.65. The Kier molecular flexibility index (Phi) is 5.06. The van der Waals surface area contributed by atoms with Crippen LogP contribution in [0, 0.1) is 12.7 Å². The molecule has 20 heavy (non-hydrogen) atoms. The predicted molar refractivity (Wildman–Crippen MR) is 77.1 cm³/mol. The van der Waals surface area contributed by atoms with Crippen molar-refractivity contribution in [2.24, 2.45) is 0 Å². The number of nitrogens with one attached hydrogen (secondary N) is 1. The van der Waals surface area contributed by atoms with Gasteiger partial charge in [0.1, 0.15) is 12.1 Å². The van der Waals surface area contributed by atoms with Crippen molar-refractivity contribution >= 4 is 23.4 Å². The topological polar surface area (TPSA) is 54.9 Å². The summed E-state index contributed by atoms with van der Waals surface area (Å²) in [5.74, 6) is -0.0650. The SMILES string of the molecule is Cc1cc(SCCC(=O)Nc2ccccc2F)ncn1. The van der Waals surface area contributed by atoms with Gasteiger partial charge in [-0.15, -0.1) is 11.8 Å². The molecule has 104 valence electrons. The highest BCUT2D eigenvalue weighted by Gasteiger charge is 2.06. The molecule has 1 amide bonds. The molecule has 0 atom stereocenters. The number of thioether (sulfide) groups is 1. The lowest BCUT2D eigenvalue weighted by Crippen LogP contribution is -2.13. The summed E-state index contributed by atoms with van der Waals surface area (Å²) >= 11 is 1.47. The number of amides is 1. The summed E-state index contributed by atoms with van der Waals surface area (Å²) in [7, 11) is 0. The van der Waals surface area contributed by atoms with Crippen molar-refractivity contribution in [2.45, 2.75) is 18.4 Å². The third kappa shape index (κ3) is 4.31. The van der Waals surface area contributed by atoms with Gasteiger partial charge in [0.05, 0.1) is 10.7 Å². The fraction of sp³-hybridized carbons (Fsp3) is 0.214. The fourth-order valence-corrected chi connectivity index (χ4v) is 2.40. The van der Waals surface area contributed by atoms with E-state index in [-0.39, 0.29) is 11.6 Å². The number of hydrogen-bond acceptors (Lipinski definition) is 4. The molecule has 2 rings (SSSR count). The van der Waals surface area contributed by atoms with Crippen LogP contribution < -0.4 is 5.32 Å². The highest BCUT2D eigenvalue weighted by Crippen LogP contribution is 2.17. The van der Waals surface area contributed by atoms with Gasteiger partial charge >= 0.3 is 0 Å². The number of aryl methyl sites for hydroxylation is 1. The van der Waals surface area contributed by atoms with E-state index in [9.17, 15) is 9.18 Å². The van der Waals surface area contributed by atoms with Crippen molar-refractivity contribution in [3.05, 3.63) is 48.2 Å². The van der Waals surface area contributed by atoms with Crippen LogP contribution in [-0.4, -0.2) is 21.6 Å². The molecule has 0 saturated heterocycles. The largest absolute Gasteiger partial charge is 0.324 e. The van der Waals surface area contributed by atoms with E-state index in [1.165, 1.54) is 30.2 Å². The molecule has 0 unspecified atom stereocenters. The molecule has 0 spiro atoms. The van der Waals surface area contributed by atoms with Gasteiger partial charge in [0.2, 0.25) is 5.91 Å². The third-order valence-corrected chi connectivity index (χ3v) is 3.43. The first-order valence-corrected chi connectivity index (χ1v) is 7.09. The van der Waals surface area contributed by atoms with Crippen LogP contribution in [0.3, 0.4) is 0 Å². The second-order valence-electron chi connectivity index (χ2n) is 4.12. The first-order valence-electron chi connectivity index (χ1n) is 6.11. The Bertz CT molecular complexity index is 606. The lowest BCUT2D eigenvalue weighted by molar-refractivity contribution is -0.115. The number of carbonyl (C=O) groups excluding carboxylic acids is 1. The molecule has 0 saturated carbocycles. The Hall–Kier alpha value is -1.95. The summed E-state index contributed by atoms with van der Waals surface area (Å²) in [6, 6.07) is 7.97. The number of carbonyl (C=O) groups is 1. The van der Waals surface area contributed by atoms with Crippen LogP contribution in [0.4, 0.5) is 10.1 Å². The molecule has 2 aromatic rings. The van der Waals surface area contributed by atoms with Crippen molar-refractivity contribution in [1.82, 2.24) is 9.97 Å². The zero-order valence-corrected chi connectivity index (χ0v) is 11.8. The highest BCUT2D eigenvalue weighted by atomic mass is 32.2. The summed E-state index contributed by atoms with van der Waals surface area (Å²) in [5, 5.41) is 3.38. The van der Waals surface area contributed by atoms with Gasteiger partial charge in [-0.05, 0) is 25.1 Å². The molecule has 1 aromatic heterocycles. The van der Waals surface area contributed by atoms with Crippen LogP contribution in [0.15, 0.2) is 41.7 Å². The molecule has 6 heteroatoms. The smallest absolute Gasteiger partial charge is 0.225 e. The molecule has 4 nitrogen and oxygen atoms in total. The van der Waals surface area contributed by atoms with E-state index < -0.39 is 5.82 Å². The highest BCUT2D eigenvalue weighted by molar-refractivity contribution is 7.99. The molecule has 0 aliphatic heterocycles. The van der Waals surface area contributed by atoms with Crippen LogP contribution in [0.25, 0.3) is 0 Å². The number of anilines is 1. The minimum Gasteiger partial charge on any atom is -0.324 e. The quantitative estimate of drug-likeness (QED) is 0.679. The Morgan fingerprint density at radius 1 is 1.35 bits per heavy atom. The molecular weight excluding hydrogens is 277 g/mol. The summed E-state index contributed by atoms with van der Waals surface area (Å²) in [4.78, 5) is 19.8. The van der Waals surface area contributed by atoms with Gasteiger partial charge in [0, 0.05) is 17.9 Å². The fourth-order valence-electron chi connectivity index (χ4n) is 1.53. The zero-order chi connectivity index (χ0) is 14.4. The Morgan fingerprint density at radius 3 is 2.90 bits per heavy atom. The summed E-state index contributed by atoms with van der Waals surface area (Å²) in [5.41, 5.74) is 1.10. The minimum absolute atomic E-state index is 0.209. The van der Waals surface area contributed by atoms with Gasteiger partial charge in [0.15, 0.2) is 0 Å². The van der Waals surface area contributed by atoms with Crippen molar-refractivity contribution in [2.75, 3.05) is 11.1 Å². The second-order valence-corrected chi connectivity index (χ2v) is 5.24. The second kappa shape index (κ2) is 7.00. The molecule has 1 N–H and O–H groups in total. The van der Waals surface area contributed by atoms with Gasteiger partial charge in [0.25, 0.3) is 0 Å². The standard InChI is InChI=1S/C14H14FN3OS/c1-10-8-14(17-9-16-10)20-7-6-13(19)18-12-5-3-2-4-11(12)15/h2-5,8-9H,6-7H2,1H3,(H,18,19). The maximum Gasteiger partial charge on any atom is 0.225 e. The van der Waals surface area contributed by atoms with E-state index in [0.717, 1.165) is 10.7 Å². The van der Waals surface area contributed by atoms with Crippen molar-refractivity contribution in [1.29, 1.82) is 0 Å². The lowest BCUT2D eigenvalue weighted by Gasteiger charge is -2.06. The number of halogens is 1. The number of aromatic nitrogens is 2. The van der Waals surface area contributed by atoms with Gasteiger partial charge < -0.3 is 5.32 Å². The van der Waals surface area contributed by atoms with Crippen LogP contribution in [-0.2, 0) is 4.79 Å². The van der Waals surface area contributed by atoms with E-state index in [1.807, 2.05) is 13.0 Å². The maximum absolute atomic E-state index is 13.3. The average molecular weight is 291 g/mol. The zero-order valence-electron chi connectivity index (χ0n) is 11.0. The molecule has 0 aliphatic rings. The van der Waals surface area contributed by atoms with Gasteiger partial charge in [-0.1, -0.05) is 12.1 Å². The summed E-state index contributed by atoms with van der Waals surface area (Å²) in [6.07, 6.45) is 1.79. The number of hydrogen-bond donors (Lipinski definition) is 1. The Balaban J connectivity index is 1.80. The third-order valence-electron chi connectivity index (χ3n) is 2.51. The van der Waals surface area contributed by atoms with E-state index in [0.29, 0.717) is 12.2 Å². The van der Waals surface area contributed by atoms with Crippen LogP contribution in [0.1, 0.15) is 12.1 Å². The normalized spacial score (nSPS) is 10.3. The summed E-state index contributed by atoms with van der Waals surface area (Å²) in [6.45, 7) is 1.89. The Labute approximate surface area is 120 Å². The molecule has 0 bridgehead atoms. The number of rotatable bonds is 5. The van der Waals surface area contributed by atoms with Crippen LogP contribution in [0.2, 0.25) is 0 Å². The first kappa shape index (κ1) is 14.5. The summed E-state index contributed by atoms with van der Waals surface area (Å²) < 4.78 is 13.3. The van der Waals surface area contributed by atoms with Crippen molar-refractivity contribution in [3.63, 3.8) is 0 Å². The van der Waals surface area contributed by atoms with E-state index in [2.05, 4.69) is 15.3 Å². The Morgan fingerprint density at radius 2 is 2.15 bits per heavy atom. The average Bonchev–Trinajstić information content (AvgIpc) is 2.41. The maximum atomic E-state index is 13.3. The molecule has 1 aromatic carbocycles. The van der Waals surface area contributed by atoms with E-state index >= 15 is 0 Å². The monoisotopic (exact) mass is 291 g/mol. The molecule has 1 heterocycles. The van der Waals surface area contributed by atoms with E-state index in [4.69, 9.17) is 0 Å². The van der Waals surface area contributed by atoms with Crippen molar-refractivity contribution in [3.8, 4) is 0 Å². The lowest BCUT2D eigenvalue weighted by atomic mass is 10.3. The van der Waals surface area contributed by atoms with Gasteiger partial charge in [-0.2, -0.15) is 0 Å². The molecule has 0 aliphatic carbocycles. The molecular formula is C14H14FN3OS. The van der Waals surface area contributed by atoms with Crippen molar-refractivity contribution < 1.29 is 9.18 Å². The number of para-hydroxylation sites is 1. The van der Waals surface area contributed by atoms with E-state index in [1.54, 1.807) is 12.1 Å².